The molecule has 0 fully saturated rings. The number of anilines is 4. The molecule has 4 aromatic rings. The zero-order valence-corrected chi connectivity index (χ0v) is 24.8. The van der Waals surface area contributed by atoms with Crippen LogP contribution in [0.2, 0.25) is 0 Å². The third-order valence-electron chi connectivity index (χ3n) is 6.66. The summed E-state index contributed by atoms with van der Waals surface area (Å²) in [4.78, 5) is 33.6. The van der Waals surface area contributed by atoms with Crippen LogP contribution in [0.3, 0.4) is 0 Å². The lowest BCUT2D eigenvalue weighted by atomic mass is 10.1. The quantitative estimate of drug-likeness (QED) is 0.158. The zero-order chi connectivity index (χ0) is 30.9. The number of aliphatic hydroxyl groups excluding tert-OH is 1. The number of aromatic amines is 1. The highest BCUT2D eigenvalue weighted by atomic mass is 19.1. The van der Waals surface area contributed by atoms with E-state index >= 15 is 0 Å². The van der Waals surface area contributed by atoms with Crippen molar-refractivity contribution in [1.82, 2.24) is 24.8 Å². The highest BCUT2D eigenvalue weighted by Gasteiger charge is 2.19. The van der Waals surface area contributed by atoms with Gasteiger partial charge in [-0.2, -0.15) is 0 Å². The maximum atomic E-state index is 13.6. The average molecular weight is 589 g/mol. The van der Waals surface area contributed by atoms with Crippen LogP contribution in [0.4, 0.5) is 27.4 Å². The van der Waals surface area contributed by atoms with E-state index in [4.69, 9.17) is 14.7 Å². The van der Waals surface area contributed by atoms with Crippen LogP contribution in [0, 0.1) is 5.82 Å². The first kappa shape index (κ1) is 31.1. The molecule has 1 amide bonds. The number of ether oxygens (including phenoxy) is 1. The van der Waals surface area contributed by atoms with Gasteiger partial charge < -0.3 is 35.3 Å². The van der Waals surface area contributed by atoms with E-state index in [2.05, 4.69) is 32.1 Å². The Morgan fingerprint density at radius 1 is 1.12 bits per heavy atom. The minimum atomic E-state index is -0.346. The van der Waals surface area contributed by atoms with Crippen molar-refractivity contribution >= 4 is 28.9 Å². The van der Waals surface area contributed by atoms with Gasteiger partial charge in [0, 0.05) is 51.0 Å². The number of hydrogen-bond acceptors (Lipinski definition) is 9. The molecule has 0 bridgehead atoms. The van der Waals surface area contributed by atoms with Gasteiger partial charge >= 0.3 is 0 Å². The fourth-order valence-corrected chi connectivity index (χ4v) is 4.37. The molecule has 11 nitrogen and oxygen atoms in total. The van der Waals surface area contributed by atoms with Crippen molar-refractivity contribution in [2.75, 3.05) is 63.5 Å². The number of rotatable bonds is 14. The van der Waals surface area contributed by atoms with Crippen LogP contribution in [0.15, 0.2) is 61.3 Å². The molecule has 226 valence electrons. The van der Waals surface area contributed by atoms with Crippen LogP contribution in [-0.2, 0) is 11.2 Å². The number of methoxy groups -OCH3 is 1. The minimum absolute atomic E-state index is 0.0325. The number of nitrogens with one attached hydrogen (secondary N) is 3. The summed E-state index contributed by atoms with van der Waals surface area (Å²) < 4.78 is 19.4. The van der Waals surface area contributed by atoms with Crippen LogP contribution >= 0.6 is 0 Å². The maximum absolute atomic E-state index is 13.6. The normalized spacial score (nSPS) is 11.0. The van der Waals surface area contributed by atoms with Gasteiger partial charge in [-0.25, -0.2) is 19.3 Å². The zero-order valence-electron chi connectivity index (χ0n) is 24.8. The number of carbonyl (C=O) groups excluding carboxylic acids is 1. The lowest BCUT2D eigenvalue weighted by Crippen LogP contribution is -2.29. The van der Waals surface area contributed by atoms with E-state index in [9.17, 15) is 14.3 Å². The molecular weight excluding hydrogens is 551 g/mol. The Hall–Kier alpha value is -4.81. The van der Waals surface area contributed by atoms with Crippen LogP contribution < -0.4 is 20.3 Å². The monoisotopic (exact) mass is 588 g/mol. The first-order valence-electron chi connectivity index (χ1n) is 13.8. The van der Waals surface area contributed by atoms with Gasteiger partial charge in [0.2, 0.25) is 11.9 Å². The molecule has 0 aliphatic heterocycles. The molecule has 2 heterocycles. The molecule has 0 radical (unpaired) electrons. The molecule has 0 saturated heterocycles. The van der Waals surface area contributed by atoms with Crippen molar-refractivity contribution in [3.8, 4) is 28.4 Å². The van der Waals surface area contributed by atoms with Crippen molar-refractivity contribution in [1.29, 1.82) is 0 Å². The summed E-state index contributed by atoms with van der Waals surface area (Å²) in [5, 5.41) is 15.4. The Labute approximate surface area is 250 Å². The molecule has 2 aromatic carbocycles. The Kier molecular flexibility index (Phi) is 10.4. The van der Waals surface area contributed by atoms with Crippen LogP contribution in [0.5, 0.6) is 5.75 Å². The van der Waals surface area contributed by atoms with Crippen molar-refractivity contribution in [3.05, 3.63) is 73.0 Å². The van der Waals surface area contributed by atoms with Gasteiger partial charge in [0.1, 0.15) is 17.4 Å². The number of nitrogens with zero attached hydrogens (tertiary/aromatic N) is 5. The molecule has 0 unspecified atom stereocenters. The van der Waals surface area contributed by atoms with Crippen LogP contribution in [-0.4, -0.2) is 83.8 Å². The Bertz CT molecular complexity index is 1560. The van der Waals surface area contributed by atoms with Crippen molar-refractivity contribution in [2.45, 2.75) is 12.8 Å². The summed E-state index contributed by atoms with van der Waals surface area (Å²) in [6.07, 6.45) is 3.90. The van der Waals surface area contributed by atoms with E-state index in [0.717, 1.165) is 12.2 Å². The molecule has 4 rings (SSSR count). The van der Waals surface area contributed by atoms with Gasteiger partial charge in [-0.1, -0.05) is 6.58 Å². The second-order valence-electron chi connectivity index (χ2n) is 10.1. The number of aromatic nitrogens is 4. The first-order valence-corrected chi connectivity index (χ1v) is 13.8. The van der Waals surface area contributed by atoms with Gasteiger partial charge in [-0.05, 0) is 63.0 Å². The average Bonchev–Trinajstić information content (AvgIpc) is 3.43. The predicted molar refractivity (Wildman–Crippen MR) is 167 cm³/mol. The lowest BCUT2D eigenvalue weighted by Gasteiger charge is -2.26. The topological polar surface area (TPSA) is 132 Å². The number of imidazole rings is 1. The molecule has 43 heavy (non-hydrogen) atoms. The highest BCUT2D eigenvalue weighted by molar-refractivity contribution is 6.02. The van der Waals surface area contributed by atoms with E-state index in [1.54, 1.807) is 37.6 Å². The molecule has 2 aromatic heterocycles. The molecular formula is C31H37FN8O3. The SMILES string of the molecule is C=CC(=O)Nc1cc(Nc2nccc(-c3[nH]c(CCCO)nc3-c3ccc(F)cc3)n2)c(OC)cc1N(C)CCN(C)C. The summed E-state index contributed by atoms with van der Waals surface area (Å²) in [5.41, 5.74) is 4.38. The van der Waals surface area contributed by atoms with Crippen LogP contribution in [0.1, 0.15) is 12.2 Å². The van der Waals surface area contributed by atoms with E-state index < -0.39 is 0 Å². The lowest BCUT2D eigenvalue weighted by molar-refractivity contribution is -0.111. The summed E-state index contributed by atoms with van der Waals surface area (Å²) in [6, 6.07) is 11.4. The maximum Gasteiger partial charge on any atom is 0.247 e. The molecule has 12 heteroatoms. The Balaban J connectivity index is 1.72. The van der Waals surface area contributed by atoms with Gasteiger partial charge in [0.25, 0.3) is 0 Å². The van der Waals surface area contributed by atoms with E-state index in [-0.39, 0.29) is 24.3 Å². The van der Waals surface area contributed by atoms with Crippen molar-refractivity contribution in [2.24, 2.45) is 0 Å². The largest absolute Gasteiger partial charge is 0.494 e. The van der Waals surface area contributed by atoms with E-state index in [1.807, 2.05) is 32.1 Å². The Morgan fingerprint density at radius 3 is 2.56 bits per heavy atom. The predicted octanol–water partition coefficient (Wildman–Crippen LogP) is 4.47. The van der Waals surface area contributed by atoms with Crippen molar-refractivity contribution < 1.29 is 19.0 Å². The van der Waals surface area contributed by atoms with Gasteiger partial charge in [0.15, 0.2) is 0 Å². The molecule has 0 saturated carbocycles. The number of amides is 1. The second-order valence-corrected chi connectivity index (χ2v) is 10.1. The Morgan fingerprint density at radius 2 is 1.88 bits per heavy atom. The third kappa shape index (κ3) is 7.93. The van der Waals surface area contributed by atoms with E-state index in [1.165, 1.54) is 18.2 Å². The highest BCUT2D eigenvalue weighted by Crippen LogP contribution is 2.38. The van der Waals surface area contributed by atoms with Crippen LogP contribution in [0.25, 0.3) is 22.6 Å². The third-order valence-corrected chi connectivity index (χ3v) is 6.66. The van der Waals surface area contributed by atoms with Gasteiger partial charge in [-0.3, -0.25) is 4.79 Å². The van der Waals surface area contributed by atoms with E-state index in [0.29, 0.717) is 65.0 Å². The number of aryl methyl sites for hydroxylation is 1. The number of benzene rings is 2. The number of hydrogen-bond donors (Lipinski definition) is 4. The second kappa shape index (κ2) is 14.4. The standard InChI is InChI=1S/C31H37FN8O3/c1-6-28(42)34-23-18-24(26(43-5)19-25(23)40(4)16-15-39(2)3)36-31-33-14-13-22(35-31)30-29(20-9-11-21(32)12-10-20)37-27(38-30)8-7-17-41/h6,9-14,18-19,41H,1,7-8,15-17H2,2-5H3,(H,34,42)(H,37,38)(H,33,35,36). The number of H-pyrrole nitrogens is 1. The molecule has 4 N–H and O–H groups in total. The molecule has 0 aliphatic rings. The fraction of sp³-hybridized carbons (Fsp3) is 0.290. The first-order chi connectivity index (χ1) is 20.7. The van der Waals surface area contributed by atoms with Gasteiger partial charge in [-0.15, -0.1) is 0 Å². The number of aliphatic hydroxyl groups is 1. The number of halogens is 1. The smallest absolute Gasteiger partial charge is 0.247 e. The minimum Gasteiger partial charge on any atom is -0.494 e. The van der Waals surface area contributed by atoms with Gasteiger partial charge in [0.05, 0.1) is 41.3 Å². The summed E-state index contributed by atoms with van der Waals surface area (Å²) in [6.45, 7) is 5.13. The summed E-state index contributed by atoms with van der Waals surface area (Å²) in [7, 11) is 7.51. The molecule has 0 atom stereocenters. The summed E-state index contributed by atoms with van der Waals surface area (Å²) >= 11 is 0. The number of likely N-dealkylation sites (N-methyl/N-ethyl adjacent to an activating group) is 2. The number of carbonyl (C=O) groups is 1. The molecule has 0 aliphatic carbocycles. The fourth-order valence-electron chi connectivity index (χ4n) is 4.37. The van der Waals surface area contributed by atoms with Crippen molar-refractivity contribution in [3.63, 3.8) is 0 Å². The molecule has 0 spiro atoms. The summed E-state index contributed by atoms with van der Waals surface area (Å²) in [5.74, 6) is 0.789.